The van der Waals surface area contributed by atoms with Crippen molar-refractivity contribution in [3.8, 4) is 0 Å². The third kappa shape index (κ3) is 2.33. The number of carbonyl (C=O) groups excluding carboxylic acids is 2. The number of nitrogens with zero attached hydrogens (tertiary/aromatic N) is 1. The van der Waals surface area contributed by atoms with Crippen molar-refractivity contribution in [1.82, 2.24) is 4.90 Å². The minimum atomic E-state index is -3.56. The van der Waals surface area contributed by atoms with Gasteiger partial charge in [-0.25, -0.2) is 13.2 Å². The maximum atomic E-state index is 12.2. The van der Waals surface area contributed by atoms with Gasteiger partial charge in [0.2, 0.25) is 5.91 Å². The number of alkyl halides is 1. The Morgan fingerprint density at radius 1 is 1.40 bits per heavy atom. The molecule has 2 rings (SSSR count). The Hall–Kier alpha value is -1.08. The van der Waals surface area contributed by atoms with Crippen molar-refractivity contribution in [2.24, 2.45) is 0 Å². The molecule has 6 nitrogen and oxygen atoms in total. The smallest absolute Gasteiger partial charge is 0.355 e. The van der Waals surface area contributed by atoms with E-state index < -0.39 is 38.1 Å². The number of ether oxygens (including phenoxy) is 1. The van der Waals surface area contributed by atoms with Crippen LogP contribution in [0, 0.1) is 0 Å². The number of carbonyl (C=O) groups is 2. The molecule has 0 aromatic heterocycles. The second kappa shape index (κ2) is 4.46. The van der Waals surface area contributed by atoms with Crippen molar-refractivity contribution in [3.63, 3.8) is 0 Å². The van der Waals surface area contributed by atoms with Crippen LogP contribution < -0.4 is 0 Å². The monoisotopic (exact) mass is 321 g/mol. The highest BCUT2D eigenvalue weighted by Gasteiger charge is 2.59. The van der Waals surface area contributed by atoms with Crippen LogP contribution >= 0.6 is 11.6 Å². The molecule has 20 heavy (non-hydrogen) atoms. The molecule has 0 aliphatic carbocycles. The topological polar surface area (TPSA) is 80.8 Å². The summed E-state index contributed by atoms with van der Waals surface area (Å²) in [5.41, 5.74) is -0.432. The number of amides is 1. The first-order valence-corrected chi connectivity index (χ1v) is 8.23. The Labute approximate surface area is 122 Å². The Morgan fingerprint density at radius 3 is 2.45 bits per heavy atom. The number of hydrogen-bond donors (Lipinski definition) is 0. The fourth-order valence-electron chi connectivity index (χ4n) is 2.27. The van der Waals surface area contributed by atoms with E-state index in [0.717, 1.165) is 4.90 Å². The molecule has 112 valence electrons. The highest BCUT2D eigenvalue weighted by atomic mass is 35.5. The van der Waals surface area contributed by atoms with Gasteiger partial charge < -0.3 is 4.74 Å². The number of sulfone groups is 1. The lowest BCUT2D eigenvalue weighted by Gasteiger charge is -2.47. The largest absolute Gasteiger partial charge is 0.455 e. The Balaban J connectivity index is 2.42. The molecular formula is C12H16ClNO5S. The van der Waals surface area contributed by atoms with Gasteiger partial charge in [-0.1, -0.05) is 0 Å². The molecule has 8 heteroatoms. The first-order valence-electron chi connectivity index (χ1n) is 6.07. The normalized spacial score (nSPS) is 28.9. The average Bonchev–Trinajstić information content (AvgIpc) is 2.23. The Morgan fingerprint density at radius 2 is 1.95 bits per heavy atom. The summed E-state index contributed by atoms with van der Waals surface area (Å²) >= 11 is 5.76. The van der Waals surface area contributed by atoms with Crippen LogP contribution in [0.5, 0.6) is 0 Å². The number of esters is 1. The van der Waals surface area contributed by atoms with Gasteiger partial charge in [-0.3, -0.25) is 9.69 Å². The highest BCUT2D eigenvalue weighted by molar-refractivity contribution is 7.92. The standard InChI is InChI=1S/C12H16ClNO5S/c1-6-5-20(17,18)10-7(13)9(15)14(10)8(6)11(16)19-12(2,3)4/h7,10H,5H2,1-4H3/t7?,10-/m1/s1. The summed E-state index contributed by atoms with van der Waals surface area (Å²) in [5.74, 6) is -1.58. The lowest BCUT2D eigenvalue weighted by molar-refractivity contribution is -0.157. The van der Waals surface area contributed by atoms with Crippen molar-refractivity contribution in [2.75, 3.05) is 5.75 Å². The number of β-lactam (4-membered cyclic amide) rings is 1. The maximum absolute atomic E-state index is 12.2. The van der Waals surface area contributed by atoms with Crippen LogP contribution in [0.2, 0.25) is 0 Å². The van der Waals surface area contributed by atoms with Crippen molar-refractivity contribution >= 4 is 33.3 Å². The molecule has 0 bridgehead atoms. The first kappa shape index (κ1) is 15.3. The quantitative estimate of drug-likeness (QED) is 0.405. The predicted molar refractivity (Wildman–Crippen MR) is 72.6 cm³/mol. The molecule has 0 aromatic carbocycles. The zero-order valence-electron chi connectivity index (χ0n) is 11.6. The summed E-state index contributed by atoms with van der Waals surface area (Å²) in [6.07, 6.45) is 0. The molecule has 0 radical (unpaired) electrons. The van der Waals surface area contributed by atoms with Gasteiger partial charge in [0.25, 0.3) is 0 Å². The highest BCUT2D eigenvalue weighted by Crippen LogP contribution is 2.39. The zero-order valence-corrected chi connectivity index (χ0v) is 13.2. The third-order valence-corrected chi connectivity index (χ3v) is 5.63. The van der Waals surface area contributed by atoms with Crippen molar-refractivity contribution in [2.45, 2.75) is 44.0 Å². The molecular weight excluding hydrogens is 306 g/mol. The lowest BCUT2D eigenvalue weighted by Crippen LogP contribution is -2.68. The van der Waals surface area contributed by atoms with E-state index in [1.54, 1.807) is 20.8 Å². The van der Waals surface area contributed by atoms with E-state index in [1.807, 2.05) is 0 Å². The van der Waals surface area contributed by atoms with Gasteiger partial charge in [-0.05, 0) is 33.3 Å². The minimum Gasteiger partial charge on any atom is -0.455 e. The molecule has 1 unspecified atom stereocenters. The molecule has 0 saturated carbocycles. The van der Waals surface area contributed by atoms with Gasteiger partial charge in [0, 0.05) is 0 Å². The van der Waals surface area contributed by atoms with Gasteiger partial charge in [0.05, 0.1) is 5.75 Å². The number of fused-ring (bicyclic) bond motifs is 1. The summed E-state index contributed by atoms with van der Waals surface area (Å²) in [6, 6.07) is 0. The molecule has 2 aliphatic rings. The molecule has 2 heterocycles. The minimum absolute atomic E-state index is 0.00153. The Kier molecular flexibility index (Phi) is 3.41. The summed E-state index contributed by atoms with van der Waals surface area (Å²) in [7, 11) is -3.56. The second-order valence-electron chi connectivity index (χ2n) is 5.94. The van der Waals surface area contributed by atoms with E-state index in [9.17, 15) is 18.0 Å². The zero-order chi connectivity index (χ0) is 15.5. The molecule has 0 N–H and O–H groups in total. The van der Waals surface area contributed by atoms with Gasteiger partial charge in [-0.15, -0.1) is 11.6 Å². The van der Waals surface area contributed by atoms with E-state index in [-0.39, 0.29) is 11.4 Å². The summed E-state index contributed by atoms with van der Waals surface area (Å²) in [6.45, 7) is 6.59. The van der Waals surface area contributed by atoms with Crippen LogP contribution in [-0.4, -0.2) is 47.3 Å². The average molecular weight is 322 g/mol. The van der Waals surface area contributed by atoms with Crippen molar-refractivity contribution in [3.05, 3.63) is 11.3 Å². The van der Waals surface area contributed by atoms with Gasteiger partial charge in [0.1, 0.15) is 16.7 Å². The van der Waals surface area contributed by atoms with E-state index in [2.05, 4.69) is 0 Å². The van der Waals surface area contributed by atoms with E-state index >= 15 is 0 Å². The predicted octanol–water partition coefficient (Wildman–Crippen LogP) is 0.806. The number of rotatable bonds is 1. The Bertz CT molecular complexity index is 616. The maximum Gasteiger partial charge on any atom is 0.355 e. The summed E-state index contributed by atoms with van der Waals surface area (Å²) < 4.78 is 29.2. The molecule has 1 saturated heterocycles. The van der Waals surface area contributed by atoms with E-state index in [4.69, 9.17) is 16.3 Å². The van der Waals surface area contributed by atoms with E-state index in [1.165, 1.54) is 6.92 Å². The summed E-state index contributed by atoms with van der Waals surface area (Å²) in [5, 5.41) is -2.30. The molecule has 0 spiro atoms. The van der Waals surface area contributed by atoms with Crippen LogP contribution in [0.25, 0.3) is 0 Å². The fraction of sp³-hybridized carbons (Fsp3) is 0.667. The van der Waals surface area contributed by atoms with Gasteiger partial charge >= 0.3 is 5.97 Å². The third-order valence-electron chi connectivity index (χ3n) is 3.00. The second-order valence-corrected chi connectivity index (χ2v) is 8.51. The van der Waals surface area contributed by atoms with Crippen molar-refractivity contribution < 1.29 is 22.7 Å². The lowest BCUT2D eigenvalue weighted by atomic mass is 10.1. The molecule has 0 aromatic rings. The molecule has 2 atom stereocenters. The SMILES string of the molecule is CC1=C(C(=O)OC(C)(C)C)N2C(=O)C(Cl)[C@H]2S(=O)(=O)C1. The van der Waals surface area contributed by atoms with Crippen LogP contribution in [0.3, 0.4) is 0 Å². The first-order chi connectivity index (χ1) is 8.96. The van der Waals surface area contributed by atoms with E-state index in [0.29, 0.717) is 5.57 Å². The molecule has 2 aliphatic heterocycles. The van der Waals surface area contributed by atoms with Gasteiger partial charge in [0.15, 0.2) is 15.2 Å². The number of hydrogen-bond acceptors (Lipinski definition) is 5. The molecule has 1 amide bonds. The van der Waals surface area contributed by atoms with Crippen LogP contribution in [-0.2, 0) is 24.2 Å². The van der Waals surface area contributed by atoms with Crippen LogP contribution in [0.4, 0.5) is 0 Å². The molecule has 1 fully saturated rings. The fourth-order valence-corrected chi connectivity index (χ4v) is 4.88. The van der Waals surface area contributed by atoms with Crippen LogP contribution in [0.1, 0.15) is 27.7 Å². The van der Waals surface area contributed by atoms with Crippen molar-refractivity contribution in [1.29, 1.82) is 0 Å². The van der Waals surface area contributed by atoms with Crippen LogP contribution in [0.15, 0.2) is 11.3 Å². The van der Waals surface area contributed by atoms with Gasteiger partial charge in [-0.2, -0.15) is 0 Å². The number of halogens is 1. The summed E-state index contributed by atoms with van der Waals surface area (Å²) in [4.78, 5) is 24.9.